The maximum atomic E-state index is 6.30. The van der Waals surface area contributed by atoms with Gasteiger partial charge in [0.15, 0.2) is 5.82 Å². The van der Waals surface area contributed by atoms with Crippen molar-refractivity contribution in [2.45, 2.75) is 45.1 Å². The number of nitrogens with one attached hydrogen (secondary N) is 3. The maximum absolute atomic E-state index is 6.30. The van der Waals surface area contributed by atoms with Crippen LogP contribution in [0, 0.1) is 5.41 Å². The molecule has 8 nitrogen and oxygen atoms in total. The van der Waals surface area contributed by atoms with E-state index in [4.69, 9.17) is 33.2 Å². The van der Waals surface area contributed by atoms with Crippen LogP contribution in [-0.2, 0) is 0 Å². The number of piperidine rings is 1. The minimum Gasteiger partial charge on any atom is -0.366 e. The van der Waals surface area contributed by atoms with E-state index in [0.717, 1.165) is 41.8 Å². The first kappa shape index (κ1) is 24.3. The number of hydrogen-bond acceptors (Lipinski definition) is 8. The average Bonchev–Trinajstić information content (AvgIpc) is 3.72. The third-order valence-electron chi connectivity index (χ3n) is 7.17. The Kier molecular flexibility index (Phi) is 6.34. The molecule has 0 amide bonds. The van der Waals surface area contributed by atoms with Gasteiger partial charge in [-0.1, -0.05) is 37.0 Å². The van der Waals surface area contributed by atoms with Crippen molar-refractivity contribution in [3.8, 4) is 11.4 Å². The summed E-state index contributed by atoms with van der Waals surface area (Å²) in [6, 6.07) is 5.72. The number of nitrogens with zero attached hydrogens (tertiary/aromatic N) is 5. The highest BCUT2D eigenvalue weighted by atomic mass is 35.5. The van der Waals surface area contributed by atoms with Gasteiger partial charge in [-0.05, 0) is 60.9 Å². The Bertz CT molecular complexity index is 1470. The summed E-state index contributed by atoms with van der Waals surface area (Å²) in [6.45, 7) is 6.52. The molecule has 190 valence electrons. The van der Waals surface area contributed by atoms with E-state index in [1.807, 2.05) is 24.5 Å². The molecule has 1 atom stereocenters. The SMILES string of the molecule is CC1(C)CNCCC1Nc1nc(-c2ccnc(Nc3ncc(Cl)cc3Cl)c2)nc2cncc(C3CC3)c12. The number of anilines is 3. The first-order valence-electron chi connectivity index (χ1n) is 12.5. The van der Waals surface area contributed by atoms with Crippen molar-refractivity contribution in [1.29, 1.82) is 0 Å². The molecule has 37 heavy (non-hydrogen) atoms. The molecule has 0 spiro atoms. The van der Waals surface area contributed by atoms with E-state index in [1.165, 1.54) is 24.6 Å². The van der Waals surface area contributed by atoms with E-state index in [1.54, 1.807) is 12.3 Å². The summed E-state index contributed by atoms with van der Waals surface area (Å²) in [7, 11) is 0. The number of fused-ring (bicyclic) bond motifs is 1. The third-order valence-corrected chi connectivity index (χ3v) is 7.67. The summed E-state index contributed by atoms with van der Waals surface area (Å²) in [5, 5.41) is 12.5. The first-order valence-corrected chi connectivity index (χ1v) is 13.3. The van der Waals surface area contributed by atoms with E-state index < -0.39 is 0 Å². The normalized spacial score (nSPS) is 19.1. The van der Waals surface area contributed by atoms with Gasteiger partial charge in [0.1, 0.15) is 17.5 Å². The van der Waals surface area contributed by atoms with Crippen LogP contribution in [0.2, 0.25) is 10.0 Å². The predicted octanol–water partition coefficient (Wildman–Crippen LogP) is 6.21. The standard InChI is InChI=1S/C27H28Cl2N8/c1-27(2)14-30-7-6-21(27)35-26-23-18(15-3-4-15)12-31-13-20(23)34-24(37-26)16-5-8-32-22(9-16)36-25-19(29)10-17(28)11-33-25/h5,8-13,15,21,30H,3-4,6-7,14H2,1-2H3,(H,32,33,36)(H,34,35,37). The minimum atomic E-state index is 0.0844. The van der Waals surface area contributed by atoms with Crippen LogP contribution in [0.5, 0.6) is 0 Å². The van der Waals surface area contributed by atoms with E-state index >= 15 is 0 Å². The second kappa shape index (κ2) is 9.67. The Morgan fingerprint density at radius 2 is 1.86 bits per heavy atom. The summed E-state index contributed by atoms with van der Waals surface area (Å²) in [5.74, 6) is 3.07. The van der Waals surface area contributed by atoms with Crippen molar-refractivity contribution in [2.24, 2.45) is 5.41 Å². The smallest absolute Gasteiger partial charge is 0.162 e. The summed E-state index contributed by atoms with van der Waals surface area (Å²) in [6.07, 6.45) is 10.5. The van der Waals surface area contributed by atoms with Crippen molar-refractivity contribution in [3.05, 3.63) is 58.6 Å². The molecule has 4 aromatic heterocycles. The molecule has 3 N–H and O–H groups in total. The van der Waals surface area contributed by atoms with Gasteiger partial charge < -0.3 is 16.0 Å². The molecule has 1 saturated carbocycles. The molecule has 5 heterocycles. The Hall–Kier alpha value is -3.07. The zero-order valence-corrected chi connectivity index (χ0v) is 22.2. The zero-order valence-electron chi connectivity index (χ0n) is 20.7. The third kappa shape index (κ3) is 5.06. The van der Waals surface area contributed by atoms with E-state index in [0.29, 0.717) is 33.4 Å². The molecule has 1 aliphatic heterocycles. The van der Waals surface area contributed by atoms with Crippen LogP contribution in [0.3, 0.4) is 0 Å². The summed E-state index contributed by atoms with van der Waals surface area (Å²) in [4.78, 5) is 23.3. The molecule has 1 unspecified atom stereocenters. The molecule has 2 aliphatic rings. The van der Waals surface area contributed by atoms with Gasteiger partial charge >= 0.3 is 0 Å². The van der Waals surface area contributed by atoms with E-state index in [9.17, 15) is 0 Å². The van der Waals surface area contributed by atoms with Gasteiger partial charge in [0.25, 0.3) is 0 Å². The molecule has 2 fully saturated rings. The van der Waals surface area contributed by atoms with Gasteiger partial charge in [-0.15, -0.1) is 0 Å². The average molecular weight is 535 g/mol. The van der Waals surface area contributed by atoms with Gasteiger partial charge in [0.05, 0.1) is 21.8 Å². The lowest BCUT2D eigenvalue weighted by Crippen LogP contribution is -2.49. The highest BCUT2D eigenvalue weighted by Gasteiger charge is 2.34. The first-order chi connectivity index (χ1) is 17.9. The van der Waals surface area contributed by atoms with Gasteiger partial charge in [0.2, 0.25) is 0 Å². The molecule has 1 saturated heterocycles. The molecular weight excluding hydrogens is 507 g/mol. The van der Waals surface area contributed by atoms with Crippen molar-refractivity contribution in [3.63, 3.8) is 0 Å². The second-order valence-electron chi connectivity index (χ2n) is 10.5. The molecule has 1 aliphatic carbocycles. The predicted molar refractivity (Wildman–Crippen MR) is 149 cm³/mol. The molecule has 10 heteroatoms. The second-order valence-corrected chi connectivity index (χ2v) is 11.3. The fourth-order valence-corrected chi connectivity index (χ4v) is 5.34. The number of rotatable bonds is 6. The van der Waals surface area contributed by atoms with Crippen molar-refractivity contribution < 1.29 is 0 Å². The van der Waals surface area contributed by atoms with Crippen LogP contribution in [0.25, 0.3) is 22.3 Å². The quantitative estimate of drug-likeness (QED) is 0.268. The maximum Gasteiger partial charge on any atom is 0.162 e. The lowest BCUT2D eigenvalue weighted by molar-refractivity contribution is 0.236. The fourth-order valence-electron chi connectivity index (χ4n) is 4.92. The Balaban J connectivity index is 1.41. The van der Waals surface area contributed by atoms with Gasteiger partial charge in [-0.3, -0.25) is 4.98 Å². The number of aromatic nitrogens is 5. The Morgan fingerprint density at radius 3 is 2.65 bits per heavy atom. The van der Waals surface area contributed by atoms with Crippen molar-refractivity contribution in [2.75, 3.05) is 23.7 Å². The van der Waals surface area contributed by atoms with Crippen molar-refractivity contribution >= 4 is 51.6 Å². The summed E-state index contributed by atoms with van der Waals surface area (Å²) < 4.78 is 0. The topological polar surface area (TPSA) is 101 Å². The fraction of sp³-hybridized carbons (Fsp3) is 0.370. The van der Waals surface area contributed by atoms with Crippen LogP contribution in [0.1, 0.15) is 44.6 Å². The number of halogens is 2. The molecule has 4 aromatic rings. The Labute approximate surface area is 225 Å². The van der Waals surface area contributed by atoms with E-state index in [2.05, 4.69) is 44.7 Å². The minimum absolute atomic E-state index is 0.0844. The van der Waals surface area contributed by atoms with Gasteiger partial charge in [-0.2, -0.15) is 0 Å². The monoisotopic (exact) mass is 534 g/mol. The van der Waals surface area contributed by atoms with Crippen LogP contribution in [0.15, 0.2) is 43.0 Å². The van der Waals surface area contributed by atoms with Crippen LogP contribution in [-0.4, -0.2) is 44.1 Å². The highest BCUT2D eigenvalue weighted by molar-refractivity contribution is 6.36. The molecule has 0 radical (unpaired) electrons. The zero-order chi connectivity index (χ0) is 25.6. The van der Waals surface area contributed by atoms with Crippen LogP contribution >= 0.6 is 23.2 Å². The highest BCUT2D eigenvalue weighted by Crippen LogP contribution is 2.44. The lowest BCUT2D eigenvalue weighted by atomic mass is 9.80. The Morgan fingerprint density at radius 1 is 1.00 bits per heavy atom. The molecule has 6 rings (SSSR count). The molecule has 0 bridgehead atoms. The van der Waals surface area contributed by atoms with Crippen LogP contribution in [0.4, 0.5) is 17.5 Å². The lowest BCUT2D eigenvalue weighted by Gasteiger charge is -2.40. The molecule has 0 aromatic carbocycles. The van der Waals surface area contributed by atoms with Gasteiger partial charge in [-0.25, -0.2) is 19.9 Å². The largest absolute Gasteiger partial charge is 0.366 e. The van der Waals surface area contributed by atoms with E-state index in [-0.39, 0.29) is 11.5 Å². The van der Waals surface area contributed by atoms with Crippen molar-refractivity contribution in [1.82, 2.24) is 30.2 Å². The summed E-state index contributed by atoms with van der Waals surface area (Å²) in [5.41, 5.74) is 2.99. The molecular formula is C27H28Cl2N8. The van der Waals surface area contributed by atoms with Gasteiger partial charge in [0, 0.05) is 42.1 Å². The summed E-state index contributed by atoms with van der Waals surface area (Å²) >= 11 is 12.3. The van der Waals surface area contributed by atoms with Crippen LogP contribution < -0.4 is 16.0 Å². The number of hydrogen-bond donors (Lipinski definition) is 3. The number of pyridine rings is 3.